The highest BCUT2D eigenvalue weighted by atomic mass is 14.7. The molecule has 0 aliphatic rings. The van der Waals surface area contributed by atoms with E-state index in [1.54, 1.807) is 0 Å². The van der Waals surface area contributed by atoms with Gasteiger partial charge in [0.2, 0.25) is 0 Å². The summed E-state index contributed by atoms with van der Waals surface area (Å²) in [5, 5.41) is 0. The van der Waals surface area contributed by atoms with Crippen molar-refractivity contribution < 1.29 is 0 Å². The van der Waals surface area contributed by atoms with Gasteiger partial charge < -0.3 is 0 Å². The number of benzene rings is 1. The Morgan fingerprint density at radius 2 is 2.00 bits per heavy atom. The van der Waals surface area contributed by atoms with Crippen molar-refractivity contribution in [2.24, 2.45) is 0 Å². The first kappa shape index (κ1) is 14.3. The van der Waals surface area contributed by atoms with E-state index in [-0.39, 0.29) is 0 Å². The fourth-order valence-corrected chi connectivity index (χ4v) is 2.16. The fourth-order valence-electron chi connectivity index (χ4n) is 2.16. The van der Waals surface area contributed by atoms with Crippen LogP contribution in [-0.2, 0) is 6.42 Å². The van der Waals surface area contributed by atoms with Crippen molar-refractivity contribution in [1.82, 2.24) is 4.98 Å². The monoisotopic (exact) mass is 262 g/mol. The molecule has 0 saturated heterocycles. The van der Waals surface area contributed by atoms with Crippen LogP contribution in [0.4, 0.5) is 0 Å². The largest absolute Gasteiger partial charge is 0.245 e. The van der Waals surface area contributed by atoms with Gasteiger partial charge in [0, 0.05) is 11.3 Å². The maximum Gasteiger partial charge on any atom is 0.113 e. The average molecular weight is 262 g/mol. The van der Waals surface area contributed by atoms with Crippen molar-refractivity contribution in [3.05, 3.63) is 64.5 Å². The second kappa shape index (κ2) is 6.91. The van der Waals surface area contributed by atoms with Crippen molar-refractivity contribution >= 4 is 0 Å². The molecule has 1 aromatic carbocycles. The molecule has 1 radical (unpaired) electrons. The standard InChI is InChI=1S/C19H20N/c1-4-5-12-19-15(2)8-6-10-17(19)13-14-18-11-7-9-16(3)20-18/h6-9,11H,4-5,12H2,1-3H3. The number of aromatic nitrogens is 1. The van der Waals surface area contributed by atoms with E-state index in [4.69, 9.17) is 0 Å². The number of hydrogen-bond donors (Lipinski definition) is 0. The lowest BCUT2D eigenvalue weighted by molar-refractivity contribution is 0.790. The molecule has 0 unspecified atom stereocenters. The third kappa shape index (κ3) is 3.71. The highest BCUT2D eigenvalue weighted by Gasteiger charge is 2.03. The first-order valence-corrected chi connectivity index (χ1v) is 7.16. The summed E-state index contributed by atoms with van der Waals surface area (Å²) in [6, 6.07) is 13.3. The van der Waals surface area contributed by atoms with Crippen LogP contribution in [0, 0.1) is 31.8 Å². The van der Waals surface area contributed by atoms with E-state index in [0.29, 0.717) is 0 Å². The highest BCUT2D eigenvalue weighted by molar-refractivity contribution is 5.47. The predicted molar refractivity (Wildman–Crippen MR) is 83.6 cm³/mol. The lowest BCUT2D eigenvalue weighted by Gasteiger charge is -2.07. The minimum Gasteiger partial charge on any atom is -0.245 e. The Morgan fingerprint density at radius 1 is 1.15 bits per heavy atom. The number of rotatable bonds is 3. The molecule has 1 heterocycles. The minimum absolute atomic E-state index is 0.821. The molecule has 0 spiro atoms. The van der Waals surface area contributed by atoms with Crippen LogP contribution >= 0.6 is 0 Å². The Morgan fingerprint density at radius 3 is 2.75 bits per heavy atom. The molecule has 2 rings (SSSR count). The van der Waals surface area contributed by atoms with E-state index >= 15 is 0 Å². The lowest BCUT2D eigenvalue weighted by atomic mass is 9.97. The van der Waals surface area contributed by atoms with Crippen LogP contribution in [0.3, 0.4) is 0 Å². The predicted octanol–water partition coefficient (Wildman–Crippen LogP) is 4.24. The molecule has 2 aromatic rings. The van der Waals surface area contributed by atoms with E-state index in [0.717, 1.165) is 23.4 Å². The molecule has 1 aromatic heterocycles. The second-order valence-corrected chi connectivity index (χ2v) is 5.03. The van der Waals surface area contributed by atoms with Crippen molar-refractivity contribution in [1.29, 1.82) is 0 Å². The first-order chi connectivity index (χ1) is 9.70. The van der Waals surface area contributed by atoms with Crippen LogP contribution in [0.5, 0.6) is 0 Å². The molecule has 101 valence electrons. The number of pyridine rings is 1. The summed E-state index contributed by atoms with van der Waals surface area (Å²) < 4.78 is 0. The summed E-state index contributed by atoms with van der Waals surface area (Å²) in [6.07, 6.45) is 3.46. The van der Waals surface area contributed by atoms with E-state index in [9.17, 15) is 0 Å². The van der Waals surface area contributed by atoms with E-state index < -0.39 is 0 Å². The molecular formula is C19H20N. The summed E-state index contributed by atoms with van der Waals surface area (Å²) in [7, 11) is 0. The van der Waals surface area contributed by atoms with Gasteiger partial charge in [-0.2, -0.15) is 0 Å². The quantitative estimate of drug-likeness (QED) is 0.754. The van der Waals surface area contributed by atoms with Gasteiger partial charge in [0.15, 0.2) is 0 Å². The summed E-state index contributed by atoms with van der Waals surface area (Å²) >= 11 is 0. The summed E-state index contributed by atoms with van der Waals surface area (Å²) in [6.45, 7) is 6.34. The van der Waals surface area contributed by atoms with Crippen molar-refractivity contribution in [2.45, 2.75) is 40.0 Å². The number of aryl methyl sites for hydroxylation is 2. The number of hydrogen-bond acceptors (Lipinski definition) is 1. The van der Waals surface area contributed by atoms with Crippen LogP contribution in [-0.4, -0.2) is 4.98 Å². The van der Waals surface area contributed by atoms with Crippen LogP contribution in [0.1, 0.15) is 47.8 Å². The first-order valence-electron chi connectivity index (χ1n) is 7.16. The van der Waals surface area contributed by atoms with Crippen molar-refractivity contribution in [3.63, 3.8) is 0 Å². The molecule has 0 aliphatic carbocycles. The van der Waals surface area contributed by atoms with Crippen molar-refractivity contribution in [3.8, 4) is 11.8 Å². The molecule has 0 fully saturated rings. The van der Waals surface area contributed by atoms with Gasteiger partial charge in [0.1, 0.15) is 5.69 Å². The molecule has 0 saturated carbocycles. The van der Waals surface area contributed by atoms with Gasteiger partial charge in [-0.25, -0.2) is 4.98 Å². The molecule has 20 heavy (non-hydrogen) atoms. The molecular weight excluding hydrogens is 242 g/mol. The van der Waals surface area contributed by atoms with E-state index in [1.165, 1.54) is 24.0 Å². The summed E-state index contributed by atoms with van der Waals surface area (Å²) in [5.74, 6) is 6.39. The summed E-state index contributed by atoms with van der Waals surface area (Å²) in [4.78, 5) is 4.42. The zero-order chi connectivity index (χ0) is 14.4. The van der Waals surface area contributed by atoms with Gasteiger partial charge in [-0.05, 0) is 61.9 Å². The Labute approximate surface area is 122 Å². The van der Waals surface area contributed by atoms with Crippen molar-refractivity contribution in [2.75, 3.05) is 0 Å². The highest BCUT2D eigenvalue weighted by Crippen LogP contribution is 2.16. The Balaban J connectivity index is 2.32. The van der Waals surface area contributed by atoms with E-state index in [2.05, 4.69) is 42.8 Å². The average Bonchev–Trinajstić information content (AvgIpc) is 2.44. The van der Waals surface area contributed by atoms with Crippen LogP contribution in [0.2, 0.25) is 0 Å². The topological polar surface area (TPSA) is 12.9 Å². The Hall–Kier alpha value is -2.07. The van der Waals surface area contributed by atoms with Crippen LogP contribution in [0.25, 0.3) is 0 Å². The Kier molecular flexibility index (Phi) is 4.96. The molecule has 0 aliphatic heterocycles. The summed E-state index contributed by atoms with van der Waals surface area (Å²) in [5.41, 5.74) is 5.47. The van der Waals surface area contributed by atoms with Crippen LogP contribution < -0.4 is 0 Å². The maximum absolute atomic E-state index is 4.42. The van der Waals surface area contributed by atoms with Gasteiger partial charge >= 0.3 is 0 Å². The third-order valence-electron chi connectivity index (χ3n) is 3.32. The molecule has 1 heteroatoms. The molecule has 0 atom stereocenters. The normalized spacial score (nSPS) is 9.95. The van der Waals surface area contributed by atoms with Gasteiger partial charge in [-0.3, -0.25) is 0 Å². The number of nitrogens with zero attached hydrogens (tertiary/aromatic N) is 1. The van der Waals surface area contributed by atoms with Gasteiger partial charge in [0.25, 0.3) is 0 Å². The van der Waals surface area contributed by atoms with Crippen LogP contribution in [0.15, 0.2) is 30.3 Å². The Bertz CT molecular complexity index is 644. The zero-order valence-corrected chi connectivity index (χ0v) is 12.5. The zero-order valence-electron chi connectivity index (χ0n) is 12.5. The molecule has 0 bridgehead atoms. The third-order valence-corrected chi connectivity index (χ3v) is 3.32. The maximum atomic E-state index is 4.42. The lowest BCUT2D eigenvalue weighted by Crippen LogP contribution is -1.95. The van der Waals surface area contributed by atoms with Gasteiger partial charge in [-0.1, -0.05) is 37.5 Å². The second-order valence-electron chi connectivity index (χ2n) is 5.03. The fraction of sp³-hybridized carbons (Fsp3) is 0.316. The molecule has 0 N–H and O–H groups in total. The minimum atomic E-state index is 0.821. The number of unbranched alkanes of at least 4 members (excludes halogenated alkanes) is 1. The van der Waals surface area contributed by atoms with Gasteiger partial charge in [0.05, 0.1) is 0 Å². The van der Waals surface area contributed by atoms with Gasteiger partial charge in [-0.15, -0.1) is 0 Å². The molecule has 0 amide bonds. The van der Waals surface area contributed by atoms with E-state index in [1.807, 2.05) is 31.2 Å². The molecule has 1 nitrogen and oxygen atoms in total. The SMILES string of the molecule is CCCCc1c(C#Cc2cccc(C)n2)[c]ccc1C. The smallest absolute Gasteiger partial charge is 0.113 e.